The number of nitrogens with zero attached hydrogens (tertiary/aromatic N) is 1. The van der Waals surface area contributed by atoms with Crippen LogP contribution in [0.15, 0.2) is 22.7 Å². The van der Waals surface area contributed by atoms with Crippen molar-refractivity contribution < 1.29 is 14.4 Å². The second-order valence-electron chi connectivity index (χ2n) is 5.04. The third-order valence-corrected chi connectivity index (χ3v) is 4.30. The van der Waals surface area contributed by atoms with Crippen molar-refractivity contribution in [1.29, 1.82) is 0 Å². The number of carbonyl (C=O) groups is 2. The molecule has 3 N–H and O–H groups in total. The number of rotatable bonds is 7. The average Bonchev–Trinajstić information content (AvgIpc) is 3.13. The number of thiophene rings is 1. The summed E-state index contributed by atoms with van der Waals surface area (Å²) in [6, 6.07) is 3.67. The van der Waals surface area contributed by atoms with Crippen molar-refractivity contribution >= 4 is 28.7 Å². The lowest BCUT2D eigenvalue weighted by atomic mass is 10.0. The first kappa shape index (κ1) is 17.0. The highest BCUT2D eigenvalue weighted by atomic mass is 32.1. The number of nitrogens with two attached hydrogens (primary N) is 1. The Balaban J connectivity index is 2.11. The van der Waals surface area contributed by atoms with Crippen LogP contribution < -0.4 is 5.73 Å². The van der Waals surface area contributed by atoms with Gasteiger partial charge in [0.15, 0.2) is 18.2 Å². The van der Waals surface area contributed by atoms with Crippen LogP contribution in [0, 0.1) is 6.92 Å². The lowest BCUT2D eigenvalue weighted by Crippen LogP contribution is -2.15. The highest BCUT2D eigenvalue weighted by Gasteiger charge is 2.21. The standard InChI is InChI=1S/C16H19N3O3S/c1-4-11-14(10(3)20)9(2)18-15(11)12(21)8-22-19-16(17)13-6-5-7-23-13/h5-7,18H,4,8H2,1-3H3,(H2,17,19). The Bertz CT molecular complexity index is 745. The highest BCUT2D eigenvalue weighted by Crippen LogP contribution is 2.21. The van der Waals surface area contributed by atoms with Gasteiger partial charge in [-0.3, -0.25) is 9.59 Å². The molecule has 0 saturated carbocycles. The SMILES string of the molecule is CCc1c(C(=O)CON=C(N)c2cccs2)[nH]c(C)c1C(C)=O. The number of hydrogen-bond donors (Lipinski definition) is 2. The zero-order chi connectivity index (χ0) is 17.0. The molecule has 0 bridgehead atoms. The van der Waals surface area contributed by atoms with E-state index in [0.29, 0.717) is 23.4 Å². The second kappa shape index (κ2) is 7.23. The summed E-state index contributed by atoms with van der Waals surface area (Å²) in [7, 11) is 0. The van der Waals surface area contributed by atoms with Gasteiger partial charge in [-0.2, -0.15) is 0 Å². The number of Topliss-reactive ketones (excluding diaryl/α,β-unsaturated/α-hetero) is 2. The van der Waals surface area contributed by atoms with Crippen molar-refractivity contribution in [2.45, 2.75) is 27.2 Å². The van der Waals surface area contributed by atoms with Crippen LogP contribution >= 0.6 is 11.3 Å². The molecule has 2 heterocycles. The summed E-state index contributed by atoms with van der Waals surface area (Å²) >= 11 is 1.44. The van der Waals surface area contributed by atoms with Gasteiger partial charge in [-0.1, -0.05) is 18.1 Å². The van der Waals surface area contributed by atoms with Crippen molar-refractivity contribution in [3.05, 3.63) is 44.9 Å². The van der Waals surface area contributed by atoms with Gasteiger partial charge in [0.25, 0.3) is 0 Å². The van der Waals surface area contributed by atoms with Gasteiger partial charge in [0.1, 0.15) is 0 Å². The predicted octanol–water partition coefficient (Wildman–Crippen LogP) is 2.67. The minimum atomic E-state index is -0.264. The maximum Gasteiger partial charge on any atom is 0.219 e. The van der Waals surface area contributed by atoms with Crippen LogP contribution in [0.1, 0.15) is 50.8 Å². The summed E-state index contributed by atoms with van der Waals surface area (Å²) in [4.78, 5) is 32.8. The van der Waals surface area contributed by atoms with Gasteiger partial charge in [0.05, 0.1) is 10.6 Å². The van der Waals surface area contributed by atoms with Gasteiger partial charge in [0, 0.05) is 11.3 Å². The van der Waals surface area contributed by atoms with E-state index in [2.05, 4.69) is 10.1 Å². The lowest BCUT2D eigenvalue weighted by molar-refractivity contribution is 0.0770. The Morgan fingerprint density at radius 2 is 2.17 bits per heavy atom. The molecule has 0 aliphatic rings. The summed E-state index contributed by atoms with van der Waals surface area (Å²) in [6.07, 6.45) is 0.584. The number of H-pyrrole nitrogens is 1. The second-order valence-corrected chi connectivity index (χ2v) is 5.99. The molecule has 0 radical (unpaired) electrons. The fourth-order valence-corrected chi connectivity index (χ4v) is 3.07. The first-order chi connectivity index (χ1) is 11.0. The number of carbonyl (C=O) groups excluding carboxylic acids is 2. The Labute approximate surface area is 138 Å². The largest absolute Gasteiger partial charge is 0.386 e. The van der Waals surface area contributed by atoms with Gasteiger partial charge in [0.2, 0.25) is 5.78 Å². The number of aryl methyl sites for hydroxylation is 1. The van der Waals surface area contributed by atoms with Crippen molar-refractivity contribution in [3.8, 4) is 0 Å². The number of amidine groups is 1. The van der Waals surface area contributed by atoms with Crippen molar-refractivity contribution in [2.24, 2.45) is 10.9 Å². The molecule has 0 unspecified atom stereocenters. The molecular formula is C16H19N3O3S. The molecule has 6 nitrogen and oxygen atoms in total. The van der Waals surface area contributed by atoms with E-state index in [4.69, 9.17) is 10.6 Å². The normalized spacial score (nSPS) is 11.5. The predicted molar refractivity (Wildman–Crippen MR) is 90.2 cm³/mol. The molecule has 0 amide bonds. The minimum absolute atomic E-state index is 0.0597. The van der Waals surface area contributed by atoms with Crippen molar-refractivity contribution in [1.82, 2.24) is 4.98 Å². The van der Waals surface area contributed by atoms with Crippen LogP contribution in [-0.4, -0.2) is 29.0 Å². The summed E-state index contributed by atoms with van der Waals surface area (Å²) < 4.78 is 0. The minimum Gasteiger partial charge on any atom is -0.386 e. The first-order valence-corrected chi connectivity index (χ1v) is 8.08. The van der Waals surface area contributed by atoms with Crippen molar-refractivity contribution in [2.75, 3.05) is 6.61 Å². The molecule has 0 fully saturated rings. The van der Waals surface area contributed by atoms with Gasteiger partial charge >= 0.3 is 0 Å². The number of ketones is 2. The Morgan fingerprint density at radius 1 is 1.43 bits per heavy atom. The maximum absolute atomic E-state index is 12.3. The number of nitrogens with one attached hydrogen (secondary N) is 1. The van der Waals surface area contributed by atoms with E-state index in [1.165, 1.54) is 18.3 Å². The van der Waals surface area contributed by atoms with Crippen LogP contribution in [0.25, 0.3) is 0 Å². The third-order valence-electron chi connectivity index (χ3n) is 3.41. The molecule has 2 rings (SSSR count). The molecule has 0 saturated heterocycles. The van der Waals surface area contributed by atoms with Crippen molar-refractivity contribution in [3.63, 3.8) is 0 Å². The van der Waals surface area contributed by atoms with Gasteiger partial charge in [-0.25, -0.2) is 0 Å². The van der Waals surface area contributed by atoms with Crippen LogP contribution in [0.2, 0.25) is 0 Å². The Hall–Kier alpha value is -2.41. The quantitative estimate of drug-likeness (QED) is 0.352. The molecule has 2 aromatic rings. The molecule has 0 atom stereocenters. The average molecular weight is 333 g/mol. The van der Waals surface area contributed by atoms with E-state index in [1.54, 1.807) is 6.92 Å². The van der Waals surface area contributed by atoms with Crippen LogP contribution in [0.4, 0.5) is 0 Å². The van der Waals surface area contributed by atoms with Gasteiger partial charge < -0.3 is 15.6 Å². The fourth-order valence-electron chi connectivity index (χ4n) is 2.45. The first-order valence-electron chi connectivity index (χ1n) is 7.20. The maximum atomic E-state index is 12.3. The zero-order valence-corrected chi connectivity index (χ0v) is 14.1. The number of aromatic nitrogens is 1. The molecular weight excluding hydrogens is 314 g/mol. The van der Waals surface area contributed by atoms with Gasteiger partial charge in [-0.15, -0.1) is 11.3 Å². The molecule has 122 valence electrons. The lowest BCUT2D eigenvalue weighted by Gasteiger charge is -2.03. The molecule has 0 spiro atoms. The van der Waals surface area contributed by atoms with E-state index < -0.39 is 0 Å². The molecule has 23 heavy (non-hydrogen) atoms. The van der Waals surface area contributed by atoms with E-state index in [9.17, 15) is 9.59 Å². The van der Waals surface area contributed by atoms with E-state index in [-0.39, 0.29) is 24.0 Å². The highest BCUT2D eigenvalue weighted by molar-refractivity contribution is 7.12. The summed E-state index contributed by atoms with van der Waals surface area (Å²) in [5, 5.41) is 5.63. The van der Waals surface area contributed by atoms with E-state index in [1.807, 2.05) is 24.4 Å². The Morgan fingerprint density at radius 3 is 2.74 bits per heavy atom. The molecule has 7 heteroatoms. The van der Waals surface area contributed by atoms with Crippen LogP contribution in [-0.2, 0) is 11.3 Å². The van der Waals surface area contributed by atoms with E-state index >= 15 is 0 Å². The summed E-state index contributed by atoms with van der Waals surface area (Å²) in [6.45, 7) is 4.93. The van der Waals surface area contributed by atoms with Crippen LogP contribution in [0.3, 0.4) is 0 Å². The molecule has 0 aromatic carbocycles. The van der Waals surface area contributed by atoms with E-state index in [0.717, 1.165) is 10.4 Å². The monoisotopic (exact) mass is 333 g/mol. The smallest absolute Gasteiger partial charge is 0.219 e. The van der Waals surface area contributed by atoms with Crippen LogP contribution in [0.5, 0.6) is 0 Å². The third kappa shape index (κ3) is 3.68. The number of hydrogen-bond acceptors (Lipinski definition) is 5. The summed E-state index contributed by atoms with van der Waals surface area (Å²) in [5.74, 6) is -0.0914. The fraction of sp³-hybridized carbons (Fsp3) is 0.312. The molecule has 0 aliphatic carbocycles. The Kier molecular flexibility index (Phi) is 5.33. The zero-order valence-electron chi connectivity index (χ0n) is 13.3. The topological polar surface area (TPSA) is 97.5 Å². The molecule has 2 aromatic heterocycles. The number of oxime groups is 1. The molecule has 0 aliphatic heterocycles. The van der Waals surface area contributed by atoms with Gasteiger partial charge in [-0.05, 0) is 37.3 Å². The number of aromatic amines is 1. The summed E-state index contributed by atoms with van der Waals surface area (Å²) in [5.41, 5.74) is 8.16.